The van der Waals surface area contributed by atoms with Crippen LogP contribution in [-0.2, 0) is 6.42 Å². The van der Waals surface area contributed by atoms with E-state index in [4.69, 9.17) is 5.73 Å². The molecule has 0 spiro atoms. The molecular weight excluding hydrogens is 321 g/mol. The van der Waals surface area contributed by atoms with Gasteiger partial charge >= 0.3 is 0 Å². The average molecular weight is 342 g/mol. The molecule has 3 nitrogen and oxygen atoms in total. The van der Waals surface area contributed by atoms with E-state index in [1.54, 1.807) is 12.1 Å². The molecule has 1 aliphatic rings. The van der Waals surface area contributed by atoms with Crippen LogP contribution in [0.3, 0.4) is 0 Å². The third-order valence-corrected chi connectivity index (χ3v) is 4.09. The Morgan fingerprint density at radius 1 is 1.25 bits per heavy atom. The number of hydrogen-bond donors (Lipinski definition) is 1. The van der Waals surface area contributed by atoms with Crippen molar-refractivity contribution in [1.82, 2.24) is 4.90 Å². The van der Waals surface area contributed by atoms with E-state index in [1.807, 2.05) is 0 Å². The van der Waals surface area contributed by atoms with Crippen molar-refractivity contribution in [1.29, 1.82) is 0 Å². The van der Waals surface area contributed by atoms with Crippen molar-refractivity contribution in [2.45, 2.75) is 32.1 Å². The number of halogens is 2. The second-order valence-corrected chi connectivity index (χ2v) is 6.04. The molecule has 0 atom stereocenters. The quantitative estimate of drug-likeness (QED) is 0.676. The Labute approximate surface area is 128 Å². The van der Waals surface area contributed by atoms with Crippen LogP contribution in [0.25, 0.3) is 0 Å². The Morgan fingerprint density at radius 3 is 2.65 bits per heavy atom. The summed E-state index contributed by atoms with van der Waals surface area (Å²) in [5.41, 5.74) is 6.70. The smallest absolute Gasteiger partial charge is 0.191 e. The Kier molecular flexibility index (Phi) is 5.83. The van der Waals surface area contributed by atoms with Crippen molar-refractivity contribution in [3.63, 3.8) is 0 Å². The highest BCUT2D eigenvalue weighted by Gasteiger charge is 2.10. The van der Waals surface area contributed by atoms with Crippen LogP contribution in [0.5, 0.6) is 0 Å². The van der Waals surface area contributed by atoms with Crippen molar-refractivity contribution in [2.75, 3.05) is 19.6 Å². The van der Waals surface area contributed by atoms with Crippen molar-refractivity contribution >= 4 is 21.9 Å². The van der Waals surface area contributed by atoms with E-state index < -0.39 is 0 Å². The highest BCUT2D eigenvalue weighted by molar-refractivity contribution is 9.10. The summed E-state index contributed by atoms with van der Waals surface area (Å²) in [6.45, 7) is 2.50. The summed E-state index contributed by atoms with van der Waals surface area (Å²) >= 11 is 3.35. The number of benzene rings is 1. The Morgan fingerprint density at radius 2 is 1.95 bits per heavy atom. The van der Waals surface area contributed by atoms with Gasteiger partial charge in [0.05, 0.1) is 0 Å². The molecule has 2 rings (SSSR count). The zero-order chi connectivity index (χ0) is 14.4. The maximum Gasteiger partial charge on any atom is 0.191 e. The zero-order valence-corrected chi connectivity index (χ0v) is 13.2. The van der Waals surface area contributed by atoms with Crippen LogP contribution in [0.1, 0.15) is 31.2 Å². The second-order valence-electron chi connectivity index (χ2n) is 5.13. The third-order valence-electron chi connectivity index (χ3n) is 3.59. The summed E-state index contributed by atoms with van der Waals surface area (Å²) in [4.78, 5) is 6.54. The van der Waals surface area contributed by atoms with Crippen LogP contribution in [0.2, 0.25) is 0 Å². The van der Waals surface area contributed by atoms with Gasteiger partial charge in [0, 0.05) is 24.1 Å². The van der Waals surface area contributed by atoms with Crippen LogP contribution >= 0.6 is 15.9 Å². The number of hydrogen-bond acceptors (Lipinski definition) is 1. The molecule has 0 saturated carbocycles. The van der Waals surface area contributed by atoms with Gasteiger partial charge in [-0.2, -0.15) is 0 Å². The molecule has 0 unspecified atom stereocenters. The topological polar surface area (TPSA) is 41.6 Å². The van der Waals surface area contributed by atoms with Crippen molar-refractivity contribution < 1.29 is 4.39 Å². The number of rotatable bonds is 3. The second kappa shape index (κ2) is 7.62. The predicted molar refractivity (Wildman–Crippen MR) is 84.3 cm³/mol. The molecule has 2 N–H and O–H groups in total. The van der Waals surface area contributed by atoms with Crippen LogP contribution in [0.4, 0.5) is 4.39 Å². The number of likely N-dealkylation sites (tertiary alicyclic amines) is 1. The summed E-state index contributed by atoms with van der Waals surface area (Å²) in [5, 5.41) is 0. The van der Waals surface area contributed by atoms with Crippen molar-refractivity contribution in [3.05, 3.63) is 34.1 Å². The molecule has 1 saturated heterocycles. The van der Waals surface area contributed by atoms with Crippen LogP contribution in [-0.4, -0.2) is 30.5 Å². The van der Waals surface area contributed by atoms with Crippen LogP contribution < -0.4 is 5.73 Å². The Hall–Kier alpha value is -1.10. The lowest BCUT2D eigenvalue weighted by molar-refractivity contribution is 0.428. The molecule has 1 aromatic carbocycles. The molecule has 0 radical (unpaired) electrons. The lowest BCUT2D eigenvalue weighted by atomic mass is 10.1. The predicted octanol–water partition coefficient (Wildman–Crippen LogP) is 3.32. The van der Waals surface area contributed by atoms with Gasteiger partial charge in [-0.3, -0.25) is 4.99 Å². The molecule has 0 bridgehead atoms. The van der Waals surface area contributed by atoms with Gasteiger partial charge in [0.1, 0.15) is 5.82 Å². The van der Waals surface area contributed by atoms with E-state index >= 15 is 0 Å². The highest BCUT2D eigenvalue weighted by Crippen LogP contribution is 2.16. The van der Waals surface area contributed by atoms with Gasteiger partial charge < -0.3 is 10.6 Å². The van der Waals surface area contributed by atoms with Crippen molar-refractivity contribution in [2.24, 2.45) is 10.7 Å². The molecule has 1 heterocycles. The minimum atomic E-state index is -0.184. The van der Waals surface area contributed by atoms with Gasteiger partial charge in [-0.15, -0.1) is 0 Å². The van der Waals surface area contributed by atoms with E-state index in [9.17, 15) is 4.39 Å². The molecule has 110 valence electrons. The van der Waals surface area contributed by atoms with Gasteiger partial charge in [-0.25, -0.2) is 4.39 Å². The number of nitrogens with two attached hydrogens (primary N) is 1. The monoisotopic (exact) mass is 341 g/mol. The van der Waals surface area contributed by atoms with Gasteiger partial charge in [0.25, 0.3) is 0 Å². The number of nitrogens with zero attached hydrogens (tertiary/aromatic N) is 2. The molecule has 1 aliphatic heterocycles. The SMILES string of the molecule is NC(=NCCc1cc(Br)ccc1F)N1CCCCCC1. The number of guanidine groups is 1. The average Bonchev–Trinajstić information content (AvgIpc) is 2.71. The molecule has 0 amide bonds. The van der Waals surface area contributed by atoms with Gasteiger partial charge in [0.15, 0.2) is 5.96 Å². The molecule has 1 aromatic rings. The first-order chi connectivity index (χ1) is 9.66. The summed E-state index contributed by atoms with van der Waals surface area (Å²) in [7, 11) is 0. The standard InChI is InChI=1S/C15H21BrFN3/c16-13-5-6-14(17)12(11-13)7-8-19-15(18)20-9-3-1-2-4-10-20/h5-6,11H,1-4,7-10H2,(H2,18,19). The first-order valence-electron chi connectivity index (χ1n) is 7.15. The van der Waals surface area contributed by atoms with Gasteiger partial charge in [-0.05, 0) is 43.0 Å². The van der Waals surface area contributed by atoms with E-state index in [0.717, 1.165) is 17.6 Å². The van der Waals surface area contributed by atoms with Crippen LogP contribution in [0, 0.1) is 5.82 Å². The summed E-state index contributed by atoms with van der Waals surface area (Å²) in [6, 6.07) is 4.97. The zero-order valence-electron chi connectivity index (χ0n) is 11.6. The minimum Gasteiger partial charge on any atom is -0.370 e. The summed E-state index contributed by atoms with van der Waals surface area (Å²) < 4.78 is 14.5. The number of aliphatic imine (C=N–C) groups is 1. The molecule has 5 heteroatoms. The molecule has 0 aromatic heterocycles. The van der Waals surface area contributed by atoms with E-state index in [1.165, 1.54) is 31.7 Å². The van der Waals surface area contributed by atoms with Crippen LogP contribution in [0.15, 0.2) is 27.7 Å². The van der Waals surface area contributed by atoms with Crippen molar-refractivity contribution in [3.8, 4) is 0 Å². The fourth-order valence-corrected chi connectivity index (χ4v) is 2.83. The summed E-state index contributed by atoms with van der Waals surface area (Å²) in [5.74, 6) is 0.416. The molecule has 20 heavy (non-hydrogen) atoms. The molecule has 1 fully saturated rings. The largest absolute Gasteiger partial charge is 0.370 e. The maximum atomic E-state index is 13.6. The third kappa shape index (κ3) is 4.47. The fraction of sp³-hybridized carbons (Fsp3) is 0.533. The van der Waals surface area contributed by atoms with E-state index in [0.29, 0.717) is 24.5 Å². The van der Waals surface area contributed by atoms with E-state index in [2.05, 4.69) is 25.8 Å². The van der Waals surface area contributed by atoms with Gasteiger partial charge in [0.2, 0.25) is 0 Å². The molecular formula is C15H21BrFN3. The lowest BCUT2D eigenvalue weighted by Gasteiger charge is -2.21. The maximum absolute atomic E-state index is 13.6. The highest BCUT2D eigenvalue weighted by atomic mass is 79.9. The van der Waals surface area contributed by atoms with Gasteiger partial charge in [-0.1, -0.05) is 28.8 Å². The lowest BCUT2D eigenvalue weighted by Crippen LogP contribution is -2.38. The minimum absolute atomic E-state index is 0.184. The molecule has 0 aliphatic carbocycles. The fourth-order valence-electron chi connectivity index (χ4n) is 2.43. The normalized spacial score (nSPS) is 17.1. The van der Waals surface area contributed by atoms with E-state index in [-0.39, 0.29) is 5.82 Å². The Balaban J connectivity index is 1.89. The summed E-state index contributed by atoms with van der Waals surface area (Å²) in [6.07, 6.45) is 5.47. The first kappa shape index (κ1) is 15.3. The Bertz CT molecular complexity index is 468. The first-order valence-corrected chi connectivity index (χ1v) is 7.95.